The van der Waals surface area contributed by atoms with Gasteiger partial charge in [-0.3, -0.25) is 0 Å². The number of aryl methyl sites for hydroxylation is 1. The molecule has 0 bridgehead atoms. The average Bonchev–Trinajstić information content (AvgIpc) is 2.35. The molecule has 1 aromatic carbocycles. The Labute approximate surface area is 116 Å². The van der Waals surface area contributed by atoms with E-state index in [1.54, 1.807) is 0 Å². The summed E-state index contributed by atoms with van der Waals surface area (Å²) in [6.07, 6.45) is 3.55. The van der Waals surface area contributed by atoms with Gasteiger partial charge in [0.05, 0.1) is 19.2 Å². The van der Waals surface area contributed by atoms with Crippen molar-refractivity contribution >= 4 is 11.6 Å². The van der Waals surface area contributed by atoms with Gasteiger partial charge in [0.15, 0.2) is 0 Å². The van der Waals surface area contributed by atoms with Crippen molar-refractivity contribution in [2.24, 2.45) is 0 Å². The van der Waals surface area contributed by atoms with Gasteiger partial charge < -0.3 is 10.1 Å². The third kappa shape index (κ3) is 5.74. The van der Waals surface area contributed by atoms with Crippen LogP contribution in [0.1, 0.15) is 38.7 Å². The van der Waals surface area contributed by atoms with Gasteiger partial charge in [0, 0.05) is 5.02 Å². The van der Waals surface area contributed by atoms with Crippen molar-refractivity contribution in [1.29, 1.82) is 0 Å². The van der Waals surface area contributed by atoms with Crippen LogP contribution < -0.4 is 10.1 Å². The molecular weight excluding hydrogens is 246 g/mol. The van der Waals surface area contributed by atoms with Gasteiger partial charge in [0.2, 0.25) is 0 Å². The van der Waals surface area contributed by atoms with Crippen molar-refractivity contribution in [3.05, 3.63) is 28.8 Å². The Morgan fingerprint density at radius 3 is 2.78 bits per heavy atom. The number of ether oxygens (including phenoxy) is 1. The molecule has 2 N–H and O–H groups in total. The highest BCUT2D eigenvalue weighted by molar-refractivity contribution is 6.30. The van der Waals surface area contributed by atoms with Crippen LogP contribution in [0.5, 0.6) is 5.75 Å². The van der Waals surface area contributed by atoms with Crippen LogP contribution in [0.2, 0.25) is 5.02 Å². The number of nitrogens with two attached hydrogens (primary N) is 1. The molecule has 0 heterocycles. The second-order valence-corrected chi connectivity index (χ2v) is 5.31. The van der Waals surface area contributed by atoms with E-state index in [9.17, 15) is 0 Å². The molecule has 0 unspecified atom stereocenters. The van der Waals surface area contributed by atoms with E-state index in [0.29, 0.717) is 0 Å². The molecule has 0 saturated carbocycles. The van der Waals surface area contributed by atoms with Crippen molar-refractivity contribution in [3.63, 3.8) is 0 Å². The molecule has 18 heavy (non-hydrogen) atoms. The van der Waals surface area contributed by atoms with Gasteiger partial charge in [0.25, 0.3) is 0 Å². The highest BCUT2D eigenvalue weighted by Gasteiger charge is 2.02. The quantitative estimate of drug-likeness (QED) is 0.722. The third-order valence-corrected chi connectivity index (χ3v) is 3.44. The lowest BCUT2D eigenvalue weighted by Gasteiger charge is -2.10. The molecular formula is C15H25ClNO+. The molecule has 0 fully saturated rings. The van der Waals surface area contributed by atoms with Crippen molar-refractivity contribution < 1.29 is 10.1 Å². The topological polar surface area (TPSA) is 25.8 Å². The SMILES string of the molecule is CC[C@@H](C)[NH2+]CCCCOc1ccc(Cl)cc1C. The lowest BCUT2D eigenvalue weighted by molar-refractivity contribution is -0.686. The first-order chi connectivity index (χ1) is 8.63. The van der Waals surface area contributed by atoms with E-state index in [-0.39, 0.29) is 0 Å². The highest BCUT2D eigenvalue weighted by atomic mass is 35.5. The molecule has 1 aromatic rings. The van der Waals surface area contributed by atoms with Gasteiger partial charge in [-0.25, -0.2) is 0 Å². The van der Waals surface area contributed by atoms with Crippen molar-refractivity contribution in [2.75, 3.05) is 13.2 Å². The molecule has 0 radical (unpaired) electrons. The fourth-order valence-corrected chi connectivity index (χ4v) is 2.00. The van der Waals surface area contributed by atoms with Crippen molar-refractivity contribution in [1.82, 2.24) is 0 Å². The molecule has 3 heteroatoms. The third-order valence-electron chi connectivity index (χ3n) is 3.21. The summed E-state index contributed by atoms with van der Waals surface area (Å²) >= 11 is 5.90. The molecule has 0 amide bonds. The fourth-order valence-electron chi connectivity index (χ4n) is 1.77. The number of rotatable bonds is 8. The number of benzene rings is 1. The summed E-state index contributed by atoms with van der Waals surface area (Å²) in [5.74, 6) is 0.949. The maximum Gasteiger partial charge on any atom is 0.122 e. The first-order valence-electron chi connectivity index (χ1n) is 6.85. The van der Waals surface area contributed by atoms with E-state index in [4.69, 9.17) is 16.3 Å². The highest BCUT2D eigenvalue weighted by Crippen LogP contribution is 2.21. The molecule has 0 spiro atoms. The monoisotopic (exact) mass is 270 g/mol. The van der Waals surface area contributed by atoms with Gasteiger partial charge in [-0.1, -0.05) is 18.5 Å². The van der Waals surface area contributed by atoms with Crippen molar-refractivity contribution in [3.8, 4) is 5.75 Å². The summed E-state index contributed by atoms with van der Waals surface area (Å²) in [5, 5.41) is 3.18. The summed E-state index contributed by atoms with van der Waals surface area (Å²) in [6, 6.07) is 6.50. The predicted molar refractivity (Wildman–Crippen MR) is 77.5 cm³/mol. The summed E-state index contributed by atoms with van der Waals surface area (Å²) in [7, 11) is 0. The fraction of sp³-hybridized carbons (Fsp3) is 0.600. The number of quaternary nitrogens is 1. The molecule has 1 rings (SSSR count). The number of halogens is 1. The average molecular weight is 271 g/mol. The zero-order chi connectivity index (χ0) is 13.4. The van der Waals surface area contributed by atoms with Crippen LogP contribution in [0.3, 0.4) is 0 Å². The molecule has 0 aliphatic rings. The van der Waals surface area contributed by atoms with Gasteiger partial charge in [-0.05, 0) is 56.9 Å². The van der Waals surface area contributed by atoms with Crippen LogP contribution >= 0.6 is 11.6 Å². The lowest BCUT2D eigenvalue weighted by atomic mass is 10.2. The second-order valence-electron chi connectivity index (χ2n) is 4.88. The molecule has 0 aromatic heterocycles. The molecule has 102 valence electrons. The lowest BCUT2D eigenvalue weighted by Crippen LogP contribution is -2.89. The molecule has 0 aliphatic carbocycles. The van der Waals surface area contributed by atoms with Crippen LogP contribution in [0.15, 0.2) is 18.2 Å². The Hall–Kier alpha value is -0.730. The van der Waals surface area contributed by atoms with E-state index in [2.05, 4.69) is 19.2 Å². The Kier molecular flexibility index (Phi) is 7.14. The van der Waals surface area contributed by atoms with E-state index >= 15 is 0 Å². The first-order valence-corrected chi connectivity index (χ1v) is 7.23. The molecule has 1 atom stereocenters. The minimum atomic E-state index is 0.740. The maximum atomic E-state index is 5.90. The van der Waals surface area contributed by atoms with Crippen LogP contribution in [-0.2, 0) is 0 Å². The second kappa shape index (κ2) is 8.39. The number of hydrogen-bond acceptors (Lipinski definition) is 1. The predicted octanol–water partition coefficient (Wildman–Crippen LogP) is 3.17. The Balaban J connectivity index is 2.14. The van der Waals surface area contributed by atoms with E-state index < -0.39 is 0 Å². The summed E-state index contributed by atoms with van der Waals surface area (Å²) in [4.78, 5) is 0. The first kappa shape index (κ1) is 15.3. The summed E-state index contributed by atoms with van der Waals surface area (Å²) in [5.41, 5.74) is 1.11. The van der Waals surface area contributed by atoms with Crippen LogP contribution in [-0.4, -0.2) is 19.2 Å². The number of unbranched alkanes of at least 4 members (excludes halogenated alkanes) is 1. The van der Waals surface area contributed by atoms with Crippen LogP contribution in [0.4, 0.5) is 0 Å². The van der Waals surface area contributed by atoms with Crippen LogP contribution in [0.25, 0.3) is 0 Å². The van der Waals surface area contributed by atoms with E-state index in [0.717, 1.165) is 35.4 Å². The Morgan fingerprint density at radius 2 is 2.11 bits per heavy atom. The molecule has 0 aliphatic heterocycles. The Morgan fingerprint density at radius 1 is 1.33 bits per heavy atom. The maximum absolute atomic E-state index is 5.90. The van der Waals surface area contributed by atoms with E-state index in [1.165, 1.54) is 19.4 Å². The van der Waals surface area contributed by atoms with Gasteiger partial charge >= 0.3 is 0 Å². The van der Waals surface area contributed by atoms with Crippen molar-refractivity contribution in [2.45, 2.75) is 46.1 Å². The standard InChI is InChI=1S/C15H24ClNO/c1-4-13(3)17-9-5-6-10-18-15-8-7-14(16)11-12(15)2/h7-8,11,13,17H,4-6,9-10H2,1-3H3/p+1/t13-/m1/s1. The largest absolute Gasteiger partial charge is 0.493 e. The van der Waals surface area contributed by atoms with Crippen LogP contribution in [0, 0.1) is 6.92 Å². The number of hydrogen-bond donors (Lipinski definition) is 1. The molecule has 2 nitrogen and oxygen atoms in total. The van der Waals surface area contributed by atoms with Gasteiger partial charge in [-0.2, -0.15) is 0 Å². The van der Waals surface area contributed by atoms with Gasteiger partial charge in [-0.15, -0.1) is 0 Å². The van der Waals surface area contributed by atoms with E-state index in [1.807, 2.05) is 25.1 Å². The Bertz CT molecular complexity index is 354. The zero-order valence-corrected chi connectivity index (χ0v) is 12.5. The zero-order valence-electron chi connectivity index (χ0n) is 11.7. The smallest absolute Gasteiger partial charge is 0.122 e. The normalized spacial score (nSPS) is 12.4. The van der Waals surface area contributed by atoms with Gasteiger partial charge in [0.1, 0.15) is 5.75 Å². The minimum Gasteiger partial charge on any atom is -0.493 e. The minimum absolute atomic E-state index is 0.740. The molecule has 0 saturated heterocycles. The summed E-state index contributed by atoms with van der Waals surface area (Å²) in [6.45, 7) is 8.51. The summed E-state index contributed by atoms with van der Waals surface area (Å²) < 4.78 is 5.75.